The minimum absolute atomic E-state index is 0.0793. The highest BCUT2D eigenvalue weighted by atomic mass is 19.1. The van der Waals surface area contributed by atoms with Crippen LogP contribution in [0.3, 0.4) is 0 Å². The van der Waals surface area contributed by atoms with Gasteiger partial charge in [0.05, 0.1) is 12.9 Å². The lowest BCUT2D eigenvalue weighted by atomic mass is 9.95. The zero-order valence-electron chi connectivity index (χ0n) is 13.3. The molecule has 6 nitrogen and oxygen atoms in total. The number of benzene rings is 1. The molecule has 1 aromatic heterocycles. The molecule has 1 aromatic carbocycles. The molecule has 130 valence electrons. The van der Waals surface area contributed by atoms with E-state index < -0.39 is 23.3 Å². The Morgan fingerprint density at radius 3 is 2.83 bits per heavy atom. The van der Waals surface area contributed by atoms with Gasteiger partial charge in [0.15, 0.2) is 0 Å². The van der Waals surface area contributed by atoms with Crippen LogP contribution in [0.5, 0.6) is 0 Å². The topological polar surface area (TPSA) is 79.2 Å². The van der Waals surface area contributed by atoms with E-state index in [-0.39, 0.29) is 12.1 Å². The zero-order valence-corrected chi connectivity index (χ0v) is 13.3. The van der Waals surface area contributed by atoms with E-state index in [2.05, 4.69) is 15.6 Å². The number of imidazole rings is 1. The number of nitrogens with one attached hydrogen (secondary N) is 2. The Morgan fingerprint density at radius 2 is 2.17 bits per heavy atom. The molecule has 0 spiro atoms. The summed E-state index contributed by atoms with van der Waals surface area (Å²) in [5.41, 5.74) is -1.73. The Morgan fingerprint density at radius 1 is 1.38 bits per heavy atom. The van der Waals surface area contributed by atoms with E-state index in [1.165, 1.54) is 6.92 Å². The Hall–Kier alpha value is -2.48. The maximum absolute atomic E-state index is 13.7. The van der Waals surface area contributed by atoms with Gasteiger partial charge in [-0.2, -0.15) is 0 Å². The van der Waals surface area contributed by atoms with Crippen LogP contribution in [-0.2, 0) is 12.1 Å². The number of rotatable bonds is 7. The van der Waals surface area contributed by atoms with Crippen LogP contribution in [0.4, 0.5) is 13.6 Å². The quantitative estimate of drug-likeness (QED) is 0.673. The van der Waals surface area contributed by atoms with Crippen LogP contribution in [0.25, 0.3) is 0 Å². The van der Waals surface area contributed by atoms with Gasteiger partial charge in [-0.25, -0.2) is 18.6 Å². The van der Waals surface area contributed by atoms with E-state index in [0.717, 1.165) is 18.7 Å². The van der Waals surface area contributed by atoms with E-state index in [9.17, 15) is 18.7 Å². The third-order valence-corrected chi connectivity index (χ3v) is 3.54. The summed E-state index contributed by atoms with van der Waals surface area (Å²) in [4.78, 5) is 15.6. The summed E-state index contributed by atoms with van der Waals surface area (Å²) < 4.78 is 28.5. The third kappa shape index (κ3) is 5.02. The highest BCUT2D eigenvalue weighted by Gasteiger charge is 2.27. The molecule has 0 bridgehead atoms. The van der Waals surface area contributed by atoms with Gasteiger partial charge in [-0.1, -0.05) is 6.07 Å². The second kappa shape index (κ2) is 7.87. The second-order valence-corrected chi connectivity index (χ2v) is 5.66. The van der Waals surface area contributed by atoms with Gasteiger partial charge in [0.2, 0.25) is 0 Å². The molecule has 8 heteroatoms. The average Bonchev–Trinajstić information content (AvgIpc) is 3.02. The van der Waals surface area contributed by atoms with Crippen molar-refractivity contribution in [1.82, 2.24) is 20.2 Å². The first-order chi connectivity index (χ1) is 11.4. The van der Waals surface area contributed by atoms with Crippen LogP contribution in [0.15, 0.2) is 36.9 Å². The van der Waals surface area contributed by atoms with Gasteiger partial charge < -0.3 is 20.3 Å². The number of hydrogen-bond acceptors (Lipinski definition) is 3. The molecular formula is C16H20F2N4O2. The Balaban J connectivity index is 1.75. The Kier molecular flexibility index (Phi) is 5.86. The molecular weight excluding hydrogens is 318 g/mol. The summed E-state index contributed by atoms with van der Waals surface area (Å²) in [5, 5.41) is 15.4. The first-order valence-corrected chi connectivity index (χ1v) is 7.54. The number of nitrogens with zero attached hydrogens (tertiary/aromatic N) is 2. The number of amides is 2. The molecule has 2 amide bonds. The lowest BCUT2D eigenvalue weighted by molar-refractivity contribution is 0.0555. The number of carbonyl (C=O) groups is 1. The molecule has 3 N–H and O–H groups in total. The van der Waals surface area contributed by atoms with Gasteiger partial charge in [0, 0.05) is 37.1 Å². The molecule has 0 saturated carbocycles. The molecule has 0 radical (unpaired) electrons. The van der Waals surface area contributed by atoms with Crippen LogP contribution >= 0.6 is 0 Å². The Bertz CT molecular complexity index is 675. The number of hydrogen-bond donors (Lipinski definition) is 3. The van der Waals surface area contributed by atoms with Gasteiger partial charge in [-0.05, 0) is 19.4 Å². The molecule has 0 aliphatic carbocycles. The monoisotopic (exact) mass is 338 g/mol. The van der Waals surface area contributed by atoms with Crippen LogP contribution in [0.1, 0.15) is 18.9 Å². The molecule has 0 fully saturated rings. The average molecular weight is 338 g/mol. The van der Waals surface area contributed by atoms with Crippen LogP contribution < -0.4 is 10.6 Å². The minimum atomic E-state index is -1.65. The molecule has 0 aliphatic rings. The van der Waals surface area contributed by atoms with Gasteiger partial charge in [0.25, 0.3) is 0 Å². The molecule has 24 heavy (non-hydrogen) atoms. The highest BCUT2D eigenvalue weighted by Crippen LogP contribution is 2.23. The molecule has 2 aromatic rings. The number of aromatic nitrogens is 2. The lowest BCUT2D eigenvalue weighted by Gasteiger charge is -2.24. The van der Waals surface area contributed by atoms with Crippen LogP contribution in [0, 0.1) is 11.6 Å². The van der Waals surface area contributed by atoms with Crippen molar-refractivity contribution in [3.63, 3.8) is 0 Å². The number of urea groups is 1. The second-order valence-electron chi connectivity index (χ2n) is 5.66. The Labute approximate surface area is 138 Å². The minimum Gasteiger partial charge on any atom is -0.383 e. The van der Waals surface area contributed by atoms with Crippen molar-refractivity contribution in [2.24, 2.45) is 0 Å². The van der Waals surface area contributed by atoms with Crippen molar-refractivity contribution in [3.05, 3.63) is 54.1 Å². The maximum Gasteiger partial charge on any atom is 0.314 e. The van der Waals surface area contributed by atoms with Crippen molar-refractivity contribution in [2.45, 2.75) is 25.5 Å². The maximum atomic E-state index is 13.7. The predicted octanol–water partition coefficient (Wildman–Crippen LogP) is 1.76. The van der Waals surface area contributed by atoms with E-state index in [1.807, 2.05) is 10.8 Å². The number of aliphatic hydroxyl groups is 1. The van der Waals surface area contributed by atoms with Crippen LogP contribution in [-0.4, -0.2) is 33.8 Å². The fourth-order valence-corrected chi connectivity index (χ4v) is 2.22. The van der Waals surface area contributed by atoms with Gasteiger partial charge in [-0.3, -0.25) is 0 Å². The highest BCUT2D eigenvalue weighted by molar-refractivity contribution is 5.73. The first-order valence-electron chi connectivity index (χ1n) is 7.54. The molecule has 1 atom stereocenters. The van der Waals surface area contributed by atoms with Gasteiger partial charge in [-0.15, -0.1) is 0 Å². The first kappa shape index (κ1) is 17.9. The number of halogens is 2. The molecule has 2 rings (SSSR count). The van der Waals surface area contributed by atoms with Crippen molar-refractivity contribution in [1.29, 1.82) is 0 Å². The van der Waals surface area contributed by atoms with Crippen molar-refractivity contribution >= 4 is 6.03 Å². The number of carbonyl (C=O) groups excluding carboxylic acids is 1. The van der Waals surface area contributed by atoms with E-state index in [1.54, 1.807) is 12.5 Å². The summed E-state index contributed by atoms with van der Waals surface area (Å²) in [5.74, 6) is -1.59. The molecule has 0 aliphatic heterocycles. The fourth-order valence-electron chi connectivity index (χ4n) is 2.22. The summed E-state index contributed by atoms with van der Waals surface area (Å²) in [6.07, 6.45) is 5.91. The SMILES string of the molecule is CC(O)(CNC(=O)NCCCn1ccnc1)c1ccc(F)cc1F. The fraction of sp³-hybridized carbons (Fsp3) is 0.375. The van der Waals surface area contributed by atoms with Gasteiger partial charge in [0.1, 0.15) is 17.2 Å². The smallest absolute Gasteiger partial charge is 0.314 e. The van der Waals surface area contributed by atoms with Crippen LogP contribution in [0.2, 0.25) is 0 Å². The summed E-state index contributed by atoms with van der Waals surface area (Å²) in [7, 11) is 0. The molecule has 1 unspecified atom stereocenters. The largest absolute Gasteiger partial charge is 0.383 e. The summed E-state index contributed by atoms with van der Waals surface area (Å²) in [6.45, 7) is 2.31. The van der Waals surface area contributed by atoms with E-state index in [0.29, 0.717) is 19.0 Å². The van der Waals surface area contributed by atoms with E-state index in [4.69, 9.17) is 0 Å². The van der Waals surface area contributed by atoms with Crippen molar-refractivity contribution < 1.29 is 18.7 Å². The number of aryl methyl sites for hydroxylation is 1. The normalized spacial score (nSPS) is 13.3. The van der Waals surface area contributed by atoms with Crippen molar-refractivity contribution in [3.8, 4) is 0 Å². The zero-order chi connectivity index (χ0) is 17.6. The van der Waals surface area contributed by atoms with Crippen molar-refractivity contribution in [2.75, 3.05) is 13.1 Å². The van der Waals surface area contributed by atoms with E-state index >= 15 is 0 Å². The summed E-state index contributed by atoms with van der Waals surface area (Å²) >= 11 is 0. The summed E-state index contributed by atoms with van der Waals surface area (Å²) in [6, 6.07) is 2.45. The molecule has 1 heterocycles. The third-order valence-electron chi connectivity index (χ3n) is 3.54. The predicted molar refractivity (Wildman–Crippen MR) is 84.2 cm³/mol. The standard InChI is InChI=1S/C16H20F2N4O2/c1-16(24,13-4-3-12(17)9-14(13)18)10-21-15(23)20-5-2-7-22-8-6-19-11-22/h3-4,6,8-9,11,24H,2,5,7,10H2,1H3,(H2,20,21,23). The molecule has 0 saturated heterocycles. The van der Waals surface area contributed by atoms with Gasteiger partial charge >= 0.3 is 6.03 Å². The lowest BCUT2D eigenvalue weighted by Crippen LogP contribution is -2.44.